The third kappa shape index (κ3) is 3.51. The Morgan fingerprint density at radius 1 is 1.15 bits per heavy atom. The monoisotopic (exact) mass is 290 g/mol. The van der Waals surface area contributed by atoms with Crippen molar-refractivity contribution in [3.63, 3.8) is 0 Å². The number of Topliss-reactive ketones (excluding diaryl/α,β-unsaturated/α-hetero) is 1. The van der Waals surface area contributed by atoms with Gasteiger partial charge in [-0.2, -0.15) is 0 Å². The molecular weight excluding hydrogens is 276 g/mol. The van der Waals surface area contributed by atoms with E-state index in [4.69, 9.17) is 4.42 Å². The highest BCUT2D eigenvalue weighted by Crippen LogP contribution is 2.24. The van der Waals surface area contributed by atoms with Gasteiger partial charge in [0, 0.05) is 10.5 Å². The van der Waals surface area contributed by atoms with Crippen molar-refractivity contribution < 1.29 is 18.7 Å². The van der Waals surface area contributed by atoms with Gasteiger partial charge < -0.3 is 9.15 Å². The van der Waals surface area contributed by atoms with Crippen molar-refractivity contribution in [1.82, 2.24) is 0 Å². The second-order valence-corrected chi connectivity index (χ2v) is 5.18. The van der Waals surface area contributed by atoms with E-state index in [2.05, 4.69) is 4.74 Å². The first-order valence-electron chi connectivity index (χ1n) is 6.01. The van der Waals surface area contributed by atoms with Crippen LogP contribution in [0, 0.1) is 0 Å². The van der Waals surface area contributed by atoms with Crippen LogP contribution in [0.3, 0.4) is 0 Å². The Hall–Kier alpha value is -2.01. The number of hydrogen-bond acceptors (Lipinski definition) is 5. The highest BCUT2D eigenvalue weighted by molar-refractivity contribution is 7.98. The minimum atomic E-state index is -0.480. The molecule has 1 aromatic heterocycles. The summed E-state index contributed by atoms with van der Waals surface area (Å²) in [6.45, 7) is 1.54. The molecule has 1 aromatic carbocycles. The molecule has 0 fully saturated rings. The number of ketones is 1. The van der Waals surface area contributed by atoms with Crippen LogP contribution in [0.25, 0.3) is 0 Å². The molecule has 0 amide bonds. The second-order valence-electron chi connectivity index (χ2n) is 4.13. The lowest BCUT2D eigenvalue weighted by Crippen LogP contribution is -1.98. The molecule has 20 heavy (non-hydrogen) atoms. The zero-order valence-electron chi connectivity index (χ0n) is 11.2. The van der Waals surface area contributed by atoms with Gasteiger partial charge in [-0.05, 0) is 31.2 Å². The Labute approximate surface area is 121 Å². The van der Waals surface area contributed by atoms with E-state index < -0.39 is 5.97 Å². The van der Waals surface area contributed by atoms with Gasteiger partial charge in [-0.15, -0.1) is 11.8 Å². The number of ether oxygens (including phenoxy) is 1. The van der Waals surface area contributed by atoms with E-state index in [1.807, 2.05) is 12.1 Å². The average Bonchev–Trinajstić information content (AvgIpc) is 2.93. The van der Waals surface area contributed by atoms with Crippen molar-refractivity contribution in [2.75, 3.05) is 7.11 Å². The molecule has 0 bridgehead atoms. The third-order valence-corrected chi connectivity index (χ3v) is 3.72. The van der Waals surface area contributed by atoms with Crippen molar-refractivity contribution >= 4 is 23.5 Å². The predicted octanol–water partition coefficient (Wildman–Crippen LogP) is 3.56. The molecule has 0 unspecified atom stereocenters. The average molecular weight is 290 g/mol. The quantitative estimate of drug-likeness (QED) is 0.479. The van der Waals surface area contributed by atoms with Crippen LogP contribution in [0.5, 0.6) is 0 Å². The van der Waals surface area contributed by atoms with Crippen molar-refractivity contribution in [3.05, 3.63) is 53.5 Å². The van der Waals surface area contributed by atoms with E-state index in [0.717, 1.165) is 4.90 Å². The Kier molecular flexibility index (Phi) is 4.63. The standard InChI is InChI=1S/C15H14O4S/c1-10(16)11-3-6-13(7-4-11)20-9-12-5-8-14(19-12)15(17)18-2/h3-8H,9H2,1-2H3. The Morgan fingerprint density at radius 2 is 1.85 bits per heavy atom. The molecule has 2 rings (SSSR count). The smallest absolute Gasteiger partial charge is 0.373 e. The maximum absolute atomic E-state index is 11.2. The number of carbonyl (C=O) groups excluding carboxylic acids is 2. The summed E-state index contributed by atoms with van der Waals surface area (Å²) >= 11 is 1.57. The van der Waals surface area contributed by atoms with Gasteiger partial charge in [0.2, 0.25) is 5.76 Å². The largest absolute Gasteiger partial charge is 0.463 e. The summed E-state index contributed by atoms with van der Waals surface area (Å²) in [7, 11) is 1.32. The number of esters is 1. The summed E-state index contributed by atoms with van der Waals surface area (Å²) in [5, 5.41) is 0. The number of hydrogen-bond donors (Lipinski definition) is 0. The highest BCUT2D eigenvalue weighted by Gasteiger charge is 2.11. The van der Waals surface area contributed by atoms with Crippen LogP contribution < -0.4 is 0 Å². The molecule has 4 nitrogen and oxygen atoms in total. The Balaban J connectivity index is 1.96. The molecule has 5 heteroatoms. The minimum Gasteiger partial charge on any atom is -0.463 e. The summed E-state index contributed by atoms with van der Waals surface area (Å²) in [6.07, 6.45) is 0. The second kappa shape index (κ2) is 6.43. The number of methoxy groups -OCH3 is 1. The van der Waals surface area contributed by atoms with Gasteiger partial charge in [0.05, 0.1) is 12.9 Å². The molecule has 1 heterocycles. The van der Waals surface area contributed by atoms with E-state index in [1.54, 1.807) is 43.0 Å². The van der Waals surface area contributed by atoms with Crippen LogP contribution in [0.1, 0.15) is 33.6 Å². The third-order valence-electron chi connectivity index (χ3n) is 2.69. The molecule has 0 spiro atoms. The topological polar surface area (TPSA) is 56.5 Å². The summed E-state index contributed by atoms with van der Waals surface area (Å²) in [5.74, 6) is 1.08. The van der Waals surface area contributed by atoms with Crippen LogP contribution >= 0.6 is 11.8 Å². The SMILES string of the molecule is COC(=O)c1ccc(CSc2ccc(C(C)=O)cc2)o1. The van der Waals surface area contributed by atoms with Gasteiger partial charge in [0.1, 0.15) is 5.76 Å². The van der Waals surface area contributed by atoms with Crippen LogP contribution in [0.2, 0.25) is 0 Å². The molecule has 104 valence electrons. The molecule has 0 saturated carbocycles. The zero-order valence-corrected chi connectivity index (χ0v) is 12.0. The van der Waals surface area contributed by atoms with E-state index in [-0.39, 0.29) is 11.5 Å². The van der Waals surface area contributed by atoms with Crippen molar-refractivity contribution in [1.29, 1.82) is 0 Å². The van der Waals surface area contributed by atoms with Gasteiger partial charge in [-0.25, -0.2) is 4.79 Å². The first kappa shape index (κ1) is 14.4. The van der Waals surface area contributed by atoms with E-state index in [9.17, 15) is 9.59 Å². The first-order chi connectivity index (χ1) is 9.60. The summed E-state index contributed by atoms with van der Waals surface area (Å²) in [6, 6.07) is 10.7. The lowest BCUT2D eigenvalue weighted by Gasteiger charge is -2.01. The fourth-order valence-electron chi connectivity index (χ4n) is 1.61. The Bertz CT molecular complexity index is 613. The summed E-state index contributed by atoms with van der Waals surface area (Å²) < 4.78 is 9.95. The maximum atomic E-state index is 11.2. The van der Waals surface area contributed by atoms with Gasteiger partial charge in [-0.3, -0.25) is 4.79 Å². The molecule has 0 N–H and O–H groups in total. The predicted molar refractivity (Wildman–Crippen MR) is 76.1 cm³/mol. The molecule has 0 aliphatic heterocycles. The number of benzene rings is 1. The molecule has 0 aliphatic carbocycles. The normalized spacial score (nSPS) is 10.3. The first-order valence-corrected chi connectivity index (χ1v) is 6.99. The molecule has 2 aromatic rings. The zero-order chi connectivity index (χ0) is 14.5. The molecule has 0 atom stereocenters. The summed E-state index contributed by atoms with van der Waals surface area (Å²) in [4.78, 5) is 23.4. The fourth-order valence-corrected chi connectivity index (χ4v) is 2.40. The number of rotatable bonds is 5. The molecule has 0 saturated heterocycles. The van der Waals surface area contributed by atoms with Crippen LogP contribution in [0.4, 0.5) is 0 Å². The van der Waals surface area contributed by atoms with E-state index in [0.29, 0.717) is 17.1 Å². The van der Waals surface area contributed by atoms with Crippen molar-refractivity contribution in [2.24, 2.45) is 0 Å². The van der Waals surface area contributed by atoms with Crippen LogP contribution in [-0.4, -0.2) is 18.9 Å². The minimum absolute atomic E-state index is 0.0512. The van der Waals surface area contributed by atoms with E-state index in [1.165, 1.54) is 7.11 Å². The van der Waals surface area contributed by atoms with Gasteiger partial charge in [0.25, 0.3) is 0 Å². The number of thioether (sulfide) groups is 1. The number of carbonyl (C=O) groups is 2. The van der Waals surface area contributed by atoms with Gasteiger partial charge >= 0.3 is 5.97 Å². The Morgan fingerprint density at radius 3 is 2.45 bits per heavy atom. The van der Waals surface area contributed by atoms with E-state index >= 15 is 0 Å². The van der Waals surface area contributed by atoms with Crippen molar-refractivity contribution in [2.45, 2.75) is 17.6 Å². The molecule has 0 radical (unpaired) electrons. The van der Waals surface area contributed by atoms with Gasteiger partial charge in [0.15, 0.2) is 5.78 Å². The van der Waals surface area contributed by atoms with Crippen LogP contribution in [-0.2, 0) is 10.5 Å². The van der Waals surface area contributed by atoms with Crippen molar-refractivity contribution in [3.8, 4) is 0 Å². The van der Waals surface area contributed by atoms with Crippen LogP contribution in [0.15, 0.2) is 45.7 Å². The molecule has 0 aliphatic rings. The maximum Gasteiger partial charge on any atom is 0.373 e. The lowest BCUT2D eigenvalue weighted by atomic mass is 10.2. The number of furan rings is 1. The van der Waals surface area contributed by atoms with Gasteiger partial charge in [-0.1, -0.05) is 12.1 Å². The lowest BCUT2D eigenvalue weighted by molar-refractivity contribution is 0.0563. The fraction of sp³-hybridized carbons (Fsp3) is 0.200. The molecular formula is C15H14O4S. The highest BCUT2D eigenvalue weighted by atomic mass is 32.2. The summed E-state index contributed by atoms with van der Waals surface area (Å²) in [5.41, 5.74) is 0.695.